The standard InChI is InChI=1S/C13H21IO2/c1-3-16-13-6-10-4-11(14,8-13)7-12(5-10,9-13)15-2/h10H,3-9H2,1-2H3. The maximum Gasteiger partial charge on any atom is 0.0725 e. The van der Waals surface area contributed by atoms with Gasteiger partial charge in [-0.1, -0.05) is 22.6 Å². The van der Waals surface area contributed by atoms with E-state index in [2.05, 4.69) is 29.5 Å². The van der Waals surface area contributed by atoms with Crippen LogP contribution < -0.4 is 0 Å². The molecule has 3 heteroatoms. The van der Waals surface area contributed by atoms with Gasteiger partial charge in [0.1, 0.15) is 0 Å². The number of hydrogen-bond donors (Lipinski definition) is 0. The lowest BCUT2D eigenvalue weighted by Crippen LogP contribution is -2.65. The molecule has 0 aromatic carbocycles. The van der Waals surface area contributed by atoms with Crippen LogP contribution in [0.2, 0.25) is 0 Å². The van der Waals surface area contributed by atoms with Gasteiger partial charge in [-0.2, -0.15) is 0 Å². The summed E-state index contributed by atoms with van der Waals surface area (Å²) in [6.07, 6.45) is 7.54. The zero-order chi connectivity index (χ0) is 11.4. The summed E-state index contributed by atoms with van der Waals surface area (Å²) in [5, 5.41) is 0. The van der Waals surface area contributed by atoms with Gasteiger partial charge in [-0.15, -0.1) is 0 Å². The van der Waals surface area contributed by atoms with E-state index in [0.29, 0.717) is 3.42 Å². The summed E-state index contributed by atoms with van der Waals surface area (Å²) in [5.74, 6) is 0.833. The summed E-state index contributed by atoms with van der Waals surface area (Å²) < 4.78 is 12.5. The number of halogens is 1. The molecule has 0 spiro atoms. The van der Waals surface area contributed by atoms with Gasteiger partial charge in [0.15, 0.2) is 0 Å². The van der Waals surface area contributed by atoms with Gasteiger partial charge >= 0.3 is 0 Å². The van der Waals surface area contributed by atoms with Gasteiger partial charge in [-0.05, 0) is 44.9 Å². The first kappa shape index (κ1) is 11.7. The van der Waals surface area contributed by atoms with Crippen LogP contribution in [0.4, 0.5) is 0 Å². The highest BCUT2D eigenvalue weighted by Gasteiger charge is 2.63. The SMILES string of the molecule is CCOC12CC3CC(I)(CC(OC)(C3)C1)C2. The van der Waals surface area contributed by atoms with Crippen LogP contribution in [0.3, 0.4) is 0 Å². The summed E-state index contributed by atoms with van der Waals surface area (Å²) in [4.78, 5) is 0. The first-order valence-electron chi connectivity index (χ1n) is 6.41. The van der Waals surface area contributed by atoms with Crippen LogP contribution in [-0.4, -0.2) is 28.3 Å². The quantitative estimate of drug-likeness (QED) is 0.581. The van der Waals surface area contributed by atoms with Crippen LogP contribution in [-0.2, 0) is 9.47 Å². The van der Waals surface area contributed by atoms with Crippen molar-refractivity contribution in [1.29, 1.82) is 0 Å². The average Bonchev–Trinajstić information content (AvgIpc) is 2.13. The minimum atomic E-state index is 0.135. The molecule has 4 unspecified atom stereocenters. The second kappa shape index (κ2) is 3.58. The Hall–Kier alpha value is 0.650. The smallest absolute Gasteiger partial charge is 0.0725 e. The average molecular weight is 336 g/mol. The van der Waals surface area contributed by atoms with E-state index in [0.717, 1.165) is 18.9 Å². The molecule has 0 aromatic heterocycles. The van der Waals surface area contributed by atoms with Crippen LogP contribution >= 0.6 is 22.6 Å². The highest BCUT2D eigenvalue weighted by molar-refractivity contribution is 14.1. The predicted molar refractivity (Wildman–Crippen MR) is 72.0 cm³/mol. The van der Waals surface area contributed by atoms with Crippen molar-refractivity contribution in [3.8, 4) is 0 Å². The third-order valence-electron chi connectivity index (χ3n) is 4.78. The number of alkyl halides is 1. The fourth-order valence-electron chi connectivity index (χ4n) is 4.84. The third kappa shape index (κ3) is 1.65. The van der Waals surface area contributed by atoms with Crippen LogP contribution in [0.1, 0.15) is 45.4 Å². The summed E-state index contributed by atoms with van der Waals surface area (Å²) in [6, 6.07) is 0. The largest absolute Gasteiger partial charge is 0.378 e. The van der Waals surface area contributed by atoms with E-state index in [1.807, 2.05) is 7.11 Å². The van der Waals surface area contributed by atoms with Crippen LogP contribution in [0.15, 0.2) is 0 Å². The Bertz CT molecular complexity index is 308. The van der Waals surface area contributed by atoms with Crippen molar-refractivity contribution < 1.29 is 9.47 Å². The van der Waals surface area contributed by atoms with E-state index in [4.69, 9.17) is 9.47 Å². The minimum absolute atomic E-state index is 0.135. The number of hydrogen-bond acceptors (Lipinski definition) is 2. The molecule has 4 aliphatic carbocycles. The van der Waals surface area contributed by atoms with E-state index in [9.17, 15) is 0 Å². The lowest BCUT2D eigenvalue weighted by atomic mass is 9.52. The molecule has 4 saturated carbocycles. The number of methoxy groups -OCH3 is 1. The van der Waals surface area contributed by atoms with Gasteiger partial charge in [0.2, 0.25) is 0 Å². The molecule has 2 nitrogen and oxygen atoms in total. The molecule has 16 heavy (non-hydrogen) atoms. The lowest BCUT2D eigenvalue weighted by molar-refractivity contribution is -0.217. The van der Waals surface area contributed by atoms with Gasteiger partial charge in [0, 0.05) is 23.6 Å². The third-order valence-corrected chi connectivity index (χ3v) is 5.98. The molecule has 4 rings (SSSR count). The van der Waals surface area contributed by atoms with Crippen molar-refractivity contribution in [3.63, 3.8) is 0 Å². The Morgan fingerprint density at radius 1 is 1.12 bits per heavy atom. The van der Waals surface area contributed by atoms with Crippen LogP contribution in [0.5, 0.6) is 0 Å². The maximum absolute atomic E-state index is 6.15. The Balaban J connectivity index is 1.95. The monoisotopic (exact) mass is 336 g/mol. The van der Waals surface area contributed by atoms with E-state index >= 15 is 0 Å². The predicted octanol–water partition coefficient (Wildman–Crippen LogP) is 3.32. The summed E-state index contributed by atoms with van der Waals surface area (Å²) in [6.45, 7) is 2.97. The lowest BCUT2D eigenvalue weighted by Gasteiger charge is -2.64. The molecule has 0 amide bonds. The van der Waals surface area contributed by atoms with E-state index in [1.54, 1.807) is 0 Å². The van der Waals surface area contributed by atoms with Crippen LogP contribution in [0.25, 0.3) is 0 Å². The Morgan fingerprint density at radius 3 is 2.44 bits per heavy atom. The summed E-state index contributed by atoms with van der Waals surface area (Å²) in [7, 11) is 1.90. The van der Waals surface area contributed by atoms with E-state index in [1.165, 1.54) is 32.1 Å². The maximum atomic E-state index is 6.15. The number of rotatable bonds is 3. The van der Waals surface area contributed by atoms with Crippen molar-refractivity contribution >= 4 is 22.6 Å². The molecule has 4 atom stereocenters. The van der Waals surface area contributed by atoms with Crippen molar-refractivity contribution in [1.82, 2.24) is 0 Å². The molecule has 4 aliphatic rings. The molecule has 0 aliphatic heterocycles. The first-order valence-corrected chi connectivity index (χ1v) is 7.49. The van der Waals surface area contributed by atoms with E-state index in [-0.39, 0.29) is 11.2 Å². The normalized spacial score (nSPS) is 54.6. The highest BCUT2D eigenvalue weighted by atomic mass is 127. The fraction of sp³-hybridized carbons (Fsp3) is 1.00. The van der Waals surface area contributed by atoms with Crippen molar-refractivity contribution in [2.24, 2.45) is 5.92 Å². The molecule has 0 saturated heterocycles. The van der Waals surface area contributed by atoms with Crippen molar-refractivity contribution in [2.75, 3.05) is 13.7 Å². The Morgan fingerprint density at radius 2 is 1.81 bits per heavy atom. The number of ether oxygens (including phenoxy) is 2. The zero-order valence-corrected chi connectivity index (χ0v) is 12.4. The molecule has 0 radical (unpaired) electrons. The topological polar surface area (TPSA) is 18.5 Å². The molecule has 0 aromatic rings. The molecule has 4 bridgehead atoms. The van der Waals surface area contributed by atoms with E-state index < -0.39 is 0 Å². The fourth-order valence-corrected chi connectivity index (χ4v) is 6.86. The molecule has 4 fully saturated rings. The van der Waals surface area contributed by atoms with Crippen molar-refractivity contribution in [3.05, 3.63) is 0 Å². The van der Waals surface area contributed by atoms with Gasteiger partial charge < -0.3 is 9.47 Å². The van der Waals surface area contributed by atoms with Gasteiger partial charge in [-0.25, -0.2) is 0 Å². The van der Waals surface area contributed by atoms with Gasteiger partial charge in [0.05, 0.1) is 11.2 Å². The molecule has 0 N–H and O–H groups in total. The highest BCUT2D eigenvalue weighted by Crippen LogP contribution is 2.64. The molecule has 92 valence electrons. The molecular formula is C13H21IO2. The minimum Gasteiger partial charge on any atom is -0.378 e. The van der Waals surface area contributed by atoms with Crippen molar-refractivity contribution in [2.45, 2.75) is 60.1 Å². The zero-order valence-electron chi connectivity index (χ0n) is 10.2. The Kier molecular flexibility index (Phi) is 2.62. The second-order valence-corrected chi connectivity index (χ2v) is 8.45. The van der Waals surface area contributed by atoms with Gasteiger partial charge in [-0.3, -0.25) is 0 Å². The second-order valence-electron chi connectivity index (χ2n) is 6.16. The first-order chi connectivity index (χ1) is 7.53. The molecule has 0 heterocycles. The summed E-state index contributed by atoms with van der Waals surface area (Å²) >= 11 is 2.69. The van der Waals surface area contributed by atoms with Crippen LogP contribution in [0, 0.1) is 5.92 Å². The summed E-state index contributed by atoms with van der Waals surface area (Å²) in [5.41, 5.74) is 0.279. The molecular weight excluding hydrogens is 315 g/mol. The Labute approximate surface area is 112 Å². The van der Waals surface area contributed by atoms with Gasteiger partial charge in [0.25, 0.3) is 0 Å².